The van der Waals surface area contributed by atoms with Crippen LogP contribution in [0.5, 0.6) is 5.75 Å². The van der Waals surface area contributed by atoms with Crippen LogP contribution in [0, 0.1) is 6.92 Å². The molecule has 0 aliphatic carbocycles. The minimum atomic E-state index is 0.124. The molecule has 1 saturated heterocycles. The Morgan fingerprint density at radius 3 is 2.31 bits per heavy atom. The third kappa shape index (κ3) is 3.92. The second kappa shape index (κ2) is 7.53. The fourth-order valence-corrected chi connectivity index (χ4v) is 3.68. The van der Waals surface area contributed by atoms with Crippen molar-refractivity contribution < 1.29 is 9.53 Å². The molecule has 26 heavy (non-hydrogen) atoms. The number of carbonyl (C=O) groups is 1. The zero-order chi connectivity index (χ0) is 18.7. The zero-order valence-corrected chi connectivity index (χ0v) is 16.3. The molecule has 1 amide bonds. The molecule has 3 heteroatoms. The molecule has 0 N–H and O–H groups in total. The predicted molar refractivity (Wildman–Crippen MR) is 106 cm³/mol. The number of carbonyl (C=O) groups excluding carboxylic acids is 1. The number of hydrogen-bond acceptors (Lipinski definition) is 2. The summed E-state index contributed by atoms with van der Waals surface area (Å²) in [7, 11) is 0. The first-order chi connectivity index (χ1) is 12.4. The van der Waals surface area contributed by atoms with Crippen LogP contribution in [0.3, 0.4) is 0 Å². The Balaban J connectivity index is 1.68. The monoisotopic (exact) mass is 351 g/mol. The molecule has 0 radical (unpaired) electrons. The highest BCUT2D eigenvalue weighted by molar-refractivity contribution is 5.94. The Morgan fingerprint density at radius 1 is 1.08 bits per heavy atom. The molecule has 0 spiro atoms. The average molecular weight is 351 g/mol. The van der Waals surface area contributed by atoms with E-state index in [1.807, 2.05) is 43.9 Å². The molecule has 1 aliphatic rings. The van der Waals surface area contributed by atoms with E-state index in [1.54, 1.807) is 0 Å². The maximum absolute atomic E-state index is 12.9. The van der Waals surface area contributed by atoms with Gasteiger partial charge in [0.1, 0.15) is 5.75 Å². The van der Waals surface area contributed by atoms with Crippen LogP contribution in [0.25, 0.3) is 0 Å². The number of amides is 1. The van der Waals surface area contributed by atoms with Gasteiger partial charge in [0.15, 0.2) is 0 Å². The summed E-state index contributed by atoms with van der Waals surface area (Å²) in [5, 5.41) is 0. The van der Waals surface area contributed by atoms with E-state index in [0.717, 1.165) is 42.8 Å². The number of nitrogens with zero attached hydrogens (tertiary/aromatic N) is 1. The number of hydrogen-bond donors (Lipinski definition) is 0. The lowest BCUT2D eigenvalue weighted by atomic mass is 9.74. The first-order valence-corrected chi connectivity index (χ1v) is 9.51. The van der Waals surface area contributed by atoms with E-state index in [1.165, 1.54) is 5.56 Å². The Morgan fingerprint density at radius 2 is 1.73 bits per heavy atom. The molecule has 3 nitrogen and oxygen atoms in total. The maximum Gasteiger partial charge on any atom is 0.253 e. The van der Waals surface area contributed by atoms with Crippen molar-refractivity contribution in [2.24, 2.45) is 0 Å². The van der Waals surface area contributed by atoms with Crippen molar-refractivity contribution in [1.29, 1.82) is 0 Å². The quantitative estimate of drug-likeness (QED) is 0.778. The van der Waals surface area contributed by atoms with Gasteiger partial charge in [0.05, 0.1) is 6.10 Å². The molecular formula is C23H29NO2. The maximum atomic E-state index is 12.9. The van der Waals surface area contributed by atoms with Gasteiger partial charge in [-0.25, -0.2) is 0 Å². The van der Waals surface area contributed by atoms with Crippen molar-refractivity contribution in [2.45, 2.75) is 52.1 Å². The van der Waals surface area contributed by atoms with Crippen LogP contribution in [0.4, 0.5) is 0 Å². The molecule has 0 aromatic heterocycles. The van der Waals surface area contributed by atoms with E-state index >= 15 is 0 Å². The van der Waals surface area contributed by atoms with E-state index in [9.17, 15) is 4.79 Å². The Kier molecular flexibility index (Phi) is 5.36. The number of ether oxygens (including phenoxy) is 1. The molecular weight excluding hydrogens is 322 g/mol. The standard InChI is InChI=1S/C23H29NO2/c1-17(2)26-21-11-10-19(16-18(21)3)22(25)24-14-12-23(4,13-15-24)20-8-6-5-7-9-20/h5-11,16-17H,12-15H2,1-4H3. The van der Waals surface area contributed by atoms with Crippen LogP contribution in [0.15, 0.2) is 48.5 Å². The fourth-order valence-electron chi connectivity index (χ4n) is 3.68. The third-order valence-electron chi connectivity index (χ3n) is 5.41. The minimum absolute atomic E-state index is 0.124. The number of rotatable bonds is 4. The highest BCUT2D eigenvalue weighted by Crippen LogP contribution is 2.35. The summed E-state index contributed by atoms with van der Waals surface area (Å²) in [4.78, 5) is 14.9. The first kappa shape index (κ1) is 18.5. The lowest BCUT2D eigenvalue weighted by Gasteiger charge is -2.40. The van der Waals surface area contributed by atoms with Gasteiger partial charge in [0.25, 0.3) is 5.91 Å². The second-order valence-electron chi connectivity index (χ2n) is 7.87. The predicted octanol–water partition coefficient (Wildman–Crippen LogP) is 4.98. The average Bonchev–Trinajstić information content (AvgIpc) is 2.64. The summed E-state index contributed by atoms with van der Waals surface area (Å²) in [6, 6.07) is 16.4. The summed E-state index contributed by atoms with van der Waals surface area (Å²) in [6.07, 6.45) is 2.13. The van der Waals surface area contributed by atoms with Crippen molar-refractivity contribution in [1.82, 2.24) is 4.90 Å². The van der Waals surface area contributed by atoms with Crippen LogP contribution in [-0.4, -0.2) is 30.0 Å². The topological polar surface area (TPSA) is 29.5 Å². The molecule has 138 valence electrons. The summed E-state index contributed by atoms with van der Waals surface area (Å²) in [5.74, 6) is 0.978. The molecule has 2 aromatic rings. The van der Waals surface area contributed by atoms with E-state index < -0.39 is 0 Å². The van der Waals surface area contributed by atoms with Crippen molar-refractivity contribution in [3.63, 3.8) is 0 Å². The molecule has 0 unspecified atom stereocenters. The van der Waals surface area contributed by atoms with Crippen LogP contribution in [-0.2, 0) is 5.41 Å². The summed E-state index contributed by atoms with van der Waals surface area (Å²) in [6.45, 7) is 9.93. The van der Waals surface area contributed by atoms with Gasteiger partial charge in [-0.2, -0.15) is 0 Å². The number of aryl methyl sites for hydroxylation is 1. The van der Waals surface area contributed by atoms with Crippen LogP contribution < -0.4 is 4.74 Å². The molecule has 1 fully saturated rings. The molecule has 2 aromatic carbocycles. The smallest absolute Gasteiger partial charge is 0.253 e. The fraction of sp³-hybridized carbons (Fsp3) is 0.435. The van der Waals surface area contributed by atoms with Crippen LogP contribution in [0.1, 0.15) is 55.1 Å². The van der Waals surface area contributed by atoms with Crippen molar-refractivity contribution in [3.05, 3.63) is 65.2 Å². The number of benzene rings is 2. The van der Waals surface area contributed by atoms with Gasteiger partial charge in [0, 0.05) is 18.7 Å². The zero-order valence-electron chi connectivity index (χ0n) is 16.3. The molecule has 0 saturated carbocycles. The van der Waals surface area contributed by atoms with Gasteiger partial charge in [-0.15, -0.1) is 0 Å². The van der Waals surface area contributed by atoms with E-state index in [4.69, 9.17) is 4.74 Å². The normalized spacial score (nSPS) is 16.6. The van der Waals surface area contributed by atoms with Gasteiger partial charge in [-0.1, -0.05) is 37.3 Å². The van der Waals surface area contributed by atoms with E-state index in [0.29, 0.717) is 0 Å². The lowest BCUT2D eigenvalue weighted by Crippen LogP contribution is -2.43. The lowest BCUT2D eigenvalue weighted by molar-refractivity contribution is 0.0676. The molecule has 3 rings (SSSR count). The van der Waals surface area contributed by atoms with Gasteiger partial charge in [0.2, 0.25) is 0 Å². The van der Waals surface area contributed by atoms with Gasteiger partial charge < -0.3 is 9.64 Å². The number of piperidine rings is 1. The van der Waals surface area contributed by atoms with Gasteiger partial charge in [-0.3, -0.25) is 4.79 Å². The van der Waals surface area contributed by atoms with E-state index in [-0.39, 0.29) is 17.4 Å². The minimum Gasteiger partial charge on any atom is -0.491 e. The molecule has 0 atom stereocenters. The summed E-state index contributed by atoms with van der Waals surface area (Å²) >= 11 is 0. The van der Waals surface area contributed by atoms with Crippen molar-refractivity contribution in [2.75, 3.05) is 13.1 Å². The van der Waals surface area contributed by atoms with Crippen LogP contribution >= 0.6 is 0 Å². The first-order valence-electron chi connectivity index (χ1n) is 9.51. The van der Waals surface area contributed by atoms with E-state index in [2.05, 4.69) is 37.3 Å². The SMILES string of the molecule is Cc1cc(C(=O)N2CCC(C)(c3ccccc3)CC2)ccc1OC(C)C. The summed E-state index contributed by atoms with van der Waals surface area (Å²) < 4.78 is 5.78. The third-order valence-corrected chi connectivity index (χ3v) is 5.41. The van der Waals surface area contributed by atoms with Crippen molar-refractivity contribution >= 4 is 5.91 Å². The van der Waals surface area contributed by atoms with Crippen molar-refractivity contribution in [3.8, 4) is 5.75 Å². The Bertz CT molecular complexity index is 759. The van der Waals surface area contributed by atoms with Crippen LogP contribution in [0.2, 0.25) is 0 Å². The second-order valence-corrected chi connectivity index (χ2v) is 7.87. The Labute approximate surface area is 157 Å². The molecule has 0 bridgehead atoms. The highest BCUT2D eigenvalue weighted by atomic mass is 16.5. The highest BCUT2D eigenvalue weighted by Gasteiger charge is 2.33. The molecule has 1 aliphatic heterocycles. The summed E-state index contributed by atoms with van der Waals surface area (Å²) in [5.41, 5.74) is 3.29. The molecule has 1 heterocycles. The number of likely N-dealkylation sites (tertiary alicyclic amines) is 1. The van der Waals surface area contributed by atoms with Gasteiger partial charge >= 0.3 is 0 Å². The largest absolute Gasteiger partial charge is 0.491 e. The Hall–Kier alpha value is -2.29. The van der Waals surface area contributed by atoms with Gasteiger partial charge in [-0.05, 0) is 68.4 Å².